The molecule has 2 rings (SSSR count). The third-order valence-corrected chi connectivity index (χ3v) is 2.38. The number of benzene rings is 1. The van der Waals surface area contributed by atoms with E-state index >= 15 is 0 Å². The molecular weight excluding hydrogens is 235 g/mol. The third kappa shape index (κ3) is 2.82. The molecule has 1 heterocycles. The van der Waals surface area contributed by atoms with Crippen LogP contribution in [0.4, 0.5) is 10.1 Å². The molecule has 1 N–H and O–H groups in total. The molecule has 0 spiro atoms. The molecule has 0 saturated heterocycles. The lowest BCUT2D eigenvalue weighted by atomic mass is 10.3. The summed E-state index contributed by atoms with van der Waals surface area (Å²) in [4.78, 5) is 22.1. The smallest absolute Gasteiger partial charge is 0.244 e. The second-order valence-electron chi connectivity index (χ2n) is 3.76. The maximum Gasteiger partial charge on any atom is 0.244 e. The molecule has 0 aliphatic rings. The predicted molar refractivity (Wildman–Crippen MR) is 64.8 cm³/mol. The van der Waals surface area contributed by atoms with E-state index in [0.717, 1.165) is 0 Å². The van der Waals surface area contributed by atoms with Crippen molar-refractivity contribution in [2.24, 2.45) is 0 Å². The molecule has 92 valence electrons. The van der Waals surface area contributed by atoms with Crippen LogP contribution < -0.4 is 5.32 Å². The van der Waals surface area contributed by atoms with E-state index in [2.05, 4.69) is 5.32 Å². The molecule has 0 bridgehead atoms. The number of halogens is 1. The number of carbonyl (C=O) groups excluding carboxylic acids is 2. The predicted octanol–water partition coefficient (Wildman–Crippen LogP) is 2.08. The quantitative estimate of drug-likeness (QED) is 0.840. The Bertz CT molecular complexity index is 578. The van der Waals surface area contributed by atoms with Crippen molar-refractivity contribution < 1.29 is 14.0 Å². The Balaban J connectivity index is 2.01. The summed E-state index contributed by atoms with van der Waals surface area (Å²) in [5.74, 6) is -0.833. The van der Waals surface area contributed by atoms with Crippen molar-refractivity contribution in [2.45, 2.75) is 6.54 Å². The minimum Gasteiger partial charge on any atom is -0.344 e. The fraction of sp³-hybridized carbons (Fsp3) is 0.0769. The Morgan fingerprint density at radius 1 is 1.33 bits per heavy atom. The summed E-state index contributed by atoms with van der Waals surface area (Å²) in [6.07, 6.45) is 3.86. The number of hydrogen-bond acceptors (Lipinski definition) is 2. The van der Waals surface area contributed by atoms with E-state index in [9.17, 15) is 14.0 Å². The summed E-state index contributed by atoms with van der Waals surface area (Å²) in [6.45, 7) is 0.0299. The van der Waals surface area contributed by atoms with Crippen LogP contribution in [0.1, 0.15) is 10.4 Å². The zero-order chi connectivity index (χ0) is 13.0. The normalized spacial score (nSPS) is 10.1. The van der Waals surface area contributed by atoms with E-state index in [1.165, 1.54) is 12.1 Å². The maximum absolute atomic E-state index is 13.3. The van der Waals surface area contributed by atoms with Gasteiger partial charge in [-0.05, 0) is 18.2 Å². The number of aromatic nitrogens is 1. The van der Waals surface area contributed by atoms with Gasteiger partial charge in [-0.15, -0.1) is 0 Å². The van der Waals surface area contributed by atoms with E-state index in [1.807, 2.05) is 0 Å². The molecule has 0 aliphatic heterocycles. The number of hydrogen-bond donors (Lipinski definition) is 1. The highest BCUT2D eigenvalue weighted by Gasteiger charge is 2.07. The molecule has 1 amide bonds. The first-order chi connectivity index (χ1) is 8.69. The van der Waals surface area contributed by atoms with Gasteiger partial charge in [0.25, 0.3) is 0 Å². The van der Waals surface area contributed by atoms with Gasteiger partial charge in [0.2, 0.25) is 5.91 Å². The Morgan fingerprint density at radius 3 is 2.78 bits per heavy atom. The lowest BCUT2D eigenvalue weighted by Crippen LogP contribution is -2.18. The first-order valence-corrected chi connectivity index (χ1v) is 5.34. The molecule has 0 radical (unpaired) electrons. The average molecular weight is 246 g/mol. The van der Waals surface area contributed by atoms with Gasteiger partial charge in [0.05, 0.1) is 5.69 Å². The van der Waals surface area contributed by atoms with Crippen molar-refractivity contribution >= 4 is 17.9 Å². The Labute approximate surface area is 103 Å². The molecule has 0 unspecified atom stereocenters. The van der Waals surface area contributed by atoms with Gasteiger partial charge >= 0.3 is 0 Å². The van der Waals surface area contributed by atoms with Crippen LogP contribution in [0.15, 0.2) is 42.7 Å². The molecule has 0 aliphatic carbocycles. The fourth-order valence-corrected chi connectivity index (χ4v) is 1.55. The van der Waals surface area contributed by atoms with Crippen molar-refractivity contribution in [2.75, 3.05) is 5.32 Å². The Hall–Kier alpha value is -2.43. The van der Waals surface area contributed by atoms with E-state index in [0.29, 0.717) is 11.8 Å². The van der Waals surface area contributed by atoms with Crippen LogP contribution in [0.5, 0.6) is 0 Å². The lowest BCUT2D eigenvalue weighted by Gasteiger charge is -2.06. The fourth-order valence-electron chi connectivity index (χ4n) is 1.55. The molecule has 18 heavy (non-hydrogen) atoms. The summed E-state index contributed by atoms with van der Waals surface area (Å²) in [6, 6.07) is 7.55. The lowest BCUT2D eigenvalue weighted by molar-refractivity contribution is -0.116. The molecule has 2 aromatic rings. The van der Waals surface area contributed by atoms with E-state index in [-0.39, 0.29) is 18.1 Å². The van der Waals surface area contributed by atoms with Crippen LogP contribution >= 0.6 is 0 Å². The monoisotopic (exact) mass is 246 g/mol. The number of nitrogens with one attached hydrogen (secondary N) is 1. The molecule has 1 aromatic heterocycles. The van der Waals surface area contributed by atoms with Gasteiger partial charge < -0.3 is 9.88 Å². The van der Waals surface area contributed by atoms with Crippen LogP contribution in [-0.2, 0) is 11.3 Å². The molecular formula is C13H11FN2O2. The van der Waals surface area contributed by atoms with Gasteiger partial charge in [0.1, 0.15) is 12.4 Å². The zero-order valence-electron chi connectivity index (χ0n) is 9.47. The highest BCUT2D eigenvalue weighted by Crippen LogP contribution is 2.12. The highest BCUT2D eigenvalue weighted by molar-refractivity contribution is 5.90. The minimum absolute atomic E-state index is 0.0299. The molecule has 5 heteroatoms. The molecule has 4 nitrogen and oxygen atoms in total. The summed E-state index contributed by atoms with van der Waals surface area (Å²) >= 11 is 0. The second-order valence-corrected chi connectivity index (χ2v) is 3.76. The van der Waals surface area contributed by atoms with Crippen molar-refractivity contribution in [1.29, 1.82) is 0 Å². The number of rotatable bonds is 4. The topological polar surface area (TPSA) is 51.1 Å². The number of anilines is 1. The van der Waals surface area contributed by atoms with E-state index < -0.39 is 5.82 Å². The van der Waals surface area contributed by atoms with Gasteiger partial charge in [-0.25, -0.2) is 4.39 Å². The van der Waals surface area contributed by atoms with Crippen LogP contribution in [0.25, 0.3) is 0 Å². The second kappa shape index (κ2) is 5.27. The molecule has 0 fully saturated rings. The Kier molecular flexibility index (Phi) is 3.52. The number of nitrogens with zero attached hydrogens (tertiary/aromatic N) is 1. The van der Waals surface area contributed by atoms with Crippen molar-refractivity contribution in [3.8, 4) is 0 Å². The zero-order valence-corrected chi connectivity index (χ0v) is 9.47. The first-order valence-electron chi connectivity index (χ1n) is 5.34. The number of carbonyl (C=O) groups is 2. The molecule has 1 aromatic carbocycles. The van der Waals surface area contributed by atoms with E-state index in [1.54, 1.807) is 35.2 Å². The largest absolute Gasteiger partial charge is 0.344 e. The van der Waals surface area contributed by atoms with Crippen LogP contribution in [0.3, 0.4) is 0 Å². The third-order valence-electron chi connectivity index (χ3n) is 2.38. The van der Waals surface area contributed by atoms with E-state index in [4.69, 9.17) is 0 Å². The van der Waals surface area contributed by atoms with Crippen LogP contribution in [-0.4, -0.2) is 16.8 Å². The Morgan fingerprint density at radius 2 is 2.11 bits per heavy atom. The average Bonchev–Trinajstić information content (AvgIpc) is 2.80. The molecule has 0 saturated carbocycles. The molecule has 0 atom stereocenters. The summed E-state index contributed by atoms with van der Waals surface area (Å²) in [7, 11) is 0. The maximum atomic E-state index is 13.3. The van der Waals surface area contributed by atoms with Crippen LogP contribution in [0, 0.1) is 5.82 Å². The van der Waals surface area contributed by atoms with Crippen molar-refractivity contribution in [3.63, 3.8) is 0 Å². The standard InChI is InChI=1S/C13H11FN2O2/c14-11-3-1-2-4-12(11)15-13(18)8-16-6-5-10(7-16)9-17/h1-7,9H,8H2,(H,15,18). The SMILES string of the molecule is O=Cc1ccn(CC(=O)Nc2ccccc2F)c1. The number of amides is 1. The van der Waals surface area contributed by atoms with Crippen LogP contribution in [0.2, 0.25) is 0 Å². The minimum atomic E-state index is -0.480. The first kappa shape index (κ1) is 12.0. The van der Waals surface area contributed by atoms with Gasteiger partial charge in [-0.2, -0.15) is 0 Å². The summed E-state index contributed by atoms with van der Waals surface area (Å²) < 4.78 is 14.8. The van der Waals surface area contributed by atoms with Gasteiger partial charge in [0.15, 0.2) is 6.29 Å². The van der Waals surface area contributed by atoms with Gasteiger partial charge in [-0.1, -0.05) is 12.1 Å². The highest BCUT2D eigenvalue weighted by atomic mass is 19.1. The van der Waals surface area contributed by atoms with Gasteiger partial charge in [-0.3, -0.25) is 9.59 Å². The summed E-state index contributed by atoms with van der Waals surface area (Å²) in [5.41, 5.74) is 0.638. The van der Waals surface area contributed by atoms with Crippen molar-refractivity contribution in [1.82, 2.24) is 4.57 Å². The number of aldehydes is 1. The van der Waals surface area contributed by atoms with Crippen molar-refractivity contribution in [3.05, 3.63) is 54.1 Å². The van der Waals surface area contributed by atoms with Gasteiger partial charge in [0, 0.05) is 18.0 Å². The number of para-hydroxylation sites is 1. The summed E-state index contributed by atoms with van der Waals surface area (Å²) in [5, 5.41) is 2.46.